The van der Waals surface area contributed by atoms with E-state index in [0.717, 1.165) is 34.9 Å². The SMILES string of the molecule is CCNC(=NCc1ccc(C(=O)NC)cc1)NCc1ccc(C)cc1OCCOC. The van der Waals surface area contributed by atoms with Crippen molar-refractivity contribution in [1.82, 2.24) is 16.0 Å². The molecule has 0 aliphatic carbocycles. The highest BCUT2D eigenvalue weighted by Gasteiger charge is 2.07. The van der Waals surface area contributed by atoms with Crippen molar-refractivity contribution in [2.24, 2.45) is 4.99 Å². The molecule has 0 heterocycles. The van der Waals surface area contributed by atoms with Gasteiger partial charge in [-0.1, -0.05) is 24.3 Å². The van der Waals surface area contributed by atoms with E-state index in [1.54, 1.807) is 26.3 Å². The van der Waals surface area contributed by atoms with E-state index in [0.29, 0.717) is 31.9 Å². The van der Waals surface area contributed by atoms with Crippen LogP contribution in [0.1, 0.15) is 34.0 Å². The molecule has 0 fully saturated rings. The number of hydrogen-bond acceptors (Lipinski definition) is 4. The first kappa shape index (κ1) is 23.2. The van der Waals surface area contributed by atoms with Crippen LogP contribution in [-0.4, -0.2) is 45.8 Å². The number of carbonyl (C=O) groups excluding carboxylic acids is 1. The lowest BCUT2D eigenvalue weighted by Crippen LogP contribution is -2.36. The van der Waals surface area contributed by atoms with Crippen LogP contribution in [0.2, 0.25) is 0 Å². The van der Waals surface area contributed by atoms with Crippen LogP contribution in [-0.2, 0) is 17.8 Å². The topological polar surface area (TPSA) is 84.0 Å². The molecule has 0 atom stereocenters. The zero-order valence-electron chi connectivity index (χ0n) is 18.2. The zero-order valence-corrected chi connectivity index (χ0v) is 18.2. The molecule has 0 unspecified atom stereocenters. The molecular weight excluding hydrogens is 380 g/mol. The Morgan fingerprint density at radius 3 is 2.50 bits per heavy atom. The predicted molar refractivity (Wildman–Crippen MR) is 120 cm³/mol. The summed E-state index contributed by atoms with van der Waals surface area (Å²) < 4.78 is 10.9. The van der Waals surface area contributed by atoms with Crippen molar-refractivity contribution in [2.45, 2.75) is 26.9 Å². The molecule has 0 aliphatic heterocycles. The lowest BCUT2D eigenvalue weighted by atomic mass is 10.1. The summed E-state index contributed by atoms with van der Waals surface area (Å²) in [7, 11) is 3.28. The van der Waals surface area contributed by atoms with E-state index in [-0.39, 0.29) is 5.91 Å². The lowest BCUT2D eigenvalue weighted by molar-refractivity contribution is 0.0963. The lowest BCUT2D eigenvalue weighted by Gasteiger charge is -2.15. The normalized spacial score (nSPS) is 11.1. The third kappa shape index (κ3) is 7.40. The van der Waals surface area contributed by atoms with Crippen LogP contribution in [0.4, 0.5) is 0 Å². The van der Waals surface area contributed by atoms with Crippen LogP contribution in [0.25, 0.3) is 0 Å². The monoisotopic (exact) mass is 412 g/mol. The largest absolute Gasteiger partial charge is 0.491 e. The molecule has 1 amide bonds. The molecule has 2 aromatic rings. The number of hydrogen-bond donors (Lipinski definition) is 3. The Morgan fingerprint density at radius 1 is 1.07 bits per heavy atom. The van der Waals surface area contributed by atoms with Gasteiger partial charge in [0.15, 0.2) is 5.96 Å². The van der Waals surface area contributed by atoms with Crippen molar-refractivity contribution in [3.63, 3.8) is 0 Å². The number of nitrogens with zero attached hydrogens (tertiary/aromatic N) is 1. The van der Waals surface area contributed by atoms with E-state index in [9.17, 15) is 4.79 Å². The van der Waals surface area contributed by atoms with Crippen LogP contribution in [0.3, 0.4) is 0 Å². The van der Waals surface area contributed by atoms with E-state index < -0.39 is 0 Å². The molecule has 0 saturated carbocycles. The van der Waals surface area contributed by atoms with Crippen LogP contribution in [0.15, 0.2) is 47.5 Å². The Balaban J connectivity index is 2.02. The van der Waals surface area contributed by atoms with Crippen LogP contribution in [0.5, 0.6) is 5.75 Å². The minimum absolute atomic E-state index is 0.0957. The molecule has 2 rings (SSSR count). The van der Waals surface area contributed by atoms with Gasteiger partial charge in [-0.15, -0.1) is 0 Å². The Kier molecular flexibility index (Phi) is 9.67. The molecule has 0 bridgehead atoms. The van der Waals surface area contributed by atoms with Gasteiger partial charge in [-0.25, -0.2) is 4.99 Å². The summed E-state index contributed by atoms with van der Waals surface area (Å²) in [6, 6.07) is 13.6. The average molecular weight is 413 g/mol. The Labute approximate surface area is 178 Å². The summed E-state index contributed by atoms with van der Waals surface area (Å²) in [4.78, 5) is 16.3. The van der Waals surface area contributed by atoms with Gasteiger partial charge in [0.25, 0.3) is 5.91 Å². The maximum absolute atomic E-state index is 11.7. The molecular formula is C23H32N4O3. The Bertz CT molecular complexity index is 835. The van der Waals surface area contributed by atoms with Crippen molar-refractivity contribution in [1.29, 1.82) is 0 Å². The van der Waals surface area contributed by atoms with Crippen LogP contribution >= 0.6 is 0 Å². The minimum Gasteiger partial charge on any atom is -0.491 e. The number of carbonyl (C=O) groups is 1. The average Bonchev–Trinajstić information content (AvgIpc) is 2.76. The second-order valence-electron chi connectivity index (χ2n) is 6.78. The third-order valence-corrected chi connectivity index (χ3v) is 4.42. The highest BCUT2D eigenvalue weighted by Crippen LogP contribution is 2.20. The molecule has 0 aromatic heterocycles. The van der Waals surface area contributed by atoms with Crippen molar-refractivity contribution in [2.75, 3.05) is 33.9 Å². The minimum atomic E-state index is -0.0957. The first-order valence-electron chi connectivity index (χ1n) is 10.1. The molecule has 30 heavy (non-hydrogen) atoms. The zero-order chi connectivity index (χ0) is 21.8. The van der Waals surface area contributed by atoms with E-state index in [4.69, 9.17) is 9.47 Å². The number of aryl methyl sites for hydroxylation is 1. The van der Waals surface area contributed by atoms with Gasteiger partial charge < -0.3 is 25.4 Å². The Hall–Kier alpha value is -3.06. The van der Waals surface area contributed by atoms with Gasteiger partial charge in [-0.2, -0.15) is 0 Å². The molecule has 162 valence electrons. The molecule has 2 aromatic carbocycles. The number of ether oxygens (including phenoxy) is 2. The summed E-state index contributed by atoms with van der Waals surface area (Å²) in [5, 5.41) is 9.24. The van der Waals surface area contributed by atoms with Crippen LogP contribution < -0.4 is 20.7 Å². The molecule has 3 N–H and O–H groups in total. The van der Waals surface area contributed by atoms with Crippen LogP contribution in [0, 0.1) is 6.92 Å². The fourth-order valence-corrected chi connectivity index (χ4v) is 2.77. The summed E-state index contributed by atoms with van der Waals surface area (Å²) in [5.74, 6) is 1.47. The van der Waals surface area contributed by atoms with Gasteiger partial charge in [0, 0.05) is 38.4 Å². The molecule has 7 heteroatoms. The van der Waals surface area contributed by atoms with E-state index in [2.05, 4.69) is 33.1 Å². The van der Waals surface area contributed by atoms with Crippen molar-refractivity contribution >= 4 is 11.9 Å². The summed E-state index contributed by atoms with van der Waals surface area (Å²) >= 11 is 0. The van der Waals surface area contributed by atoms with Gasteiger partial charge >= 0.3 is 0 Å². The summed E-state index contributed by atoms with van der Waals surface area (Å²) in [6.45, 7) is 6.98. The molecule has 0 aliphatic rings. The second-order valence-corrected chi connectivity index (χ2v) is 6.78. The van der Waals surface area contributed by atoms with Gasteiger partial charge in [-0.3, -0.25) is 4.79 Å². The number of guanidine groups is 1. The number of rotatable bonds is 10. The third-order valence-electron chi connectivity index (χ3n) is 4.42. The molecule has 7 nitrogen and oxygen atoms in total. The first-order valence-corrected chi connectivity index (χ1v) is 10.1. The highest BCUT2D eigenvalue weighted by atomic mass is 16.5. The van der Waals surface area contributed by atoms with E-state index >= 15 is 0 Å². The van der Waals surface area contributed by atoms with Crippen molar-refractivity contribution in [3.05, 3.63) is 64.7 Å². The molecule has 0 saturated heterocycles. The fraction of sp³-hybridized carbons (Fsp3) is 0.391. The number of methoxy groups -OCH3 is 1. The molecule has 0 spiro atoms. The maximum Gasteiger partial charge on any atom is 0.251 e. The summed E-state index contributed by atoms with van der Waals surface area (Å²) in [5.41, 5.74) is 3.86. The second kappa shape index (κ2) is 12.5. The quantitative estimate of drug-likeness (QED) is 0.317. The smallest absolute Gasteiger partial charge is 0.251 e. The number of amides is 1. The van der Waals surface area contributed by atoms with Gasteiger partial charge in [-0.05, 0) is 43.2 Å². The van der Waals surface area contributed by atoms with Gasteiger partial charge in [0.05, 0.1) is 13.2 Å². The first-order chi connectivity index (χ1) is 14.6. The van der Waals surface area contributed by atoms with Gasteiger partial charge in [0.1, 0.15) is 12.4 Å². The fourth-order valence-electron chi connectivity index (χ4n) is 2.77. The number of nitrogens with one attached hydrogen (secondary N) is 3. The van der Waals surface area contributed by atoms with E-state index in [1.807, 2.05) is 32.0 Å². The number of aliphatic imine (C=N–C) groups is 1. The van der Waals surface area contributed by atoms with Crippen molar-refractivity contribution in [3.8, 4) is 5.75 Å². The highest BCUT2D eigenvalue weighted by molar-refractivity contribution is 5.93. The van der Waals surface area contributed by atoms with E-state index in [1.165, 1.54) is 0 Å². The van der Waals surface area contributed by atoms with Crippen molar-refractivity contribution < 1.29 is 14.3 Å². The maximum atomic E-state index is 11.7. The standard InChI is InChI=1S/C23H32N4O3/c1-5-25-23(26-15-18-7-10-19(11-8-18)22(28)24-3)27-16-20-9-6-17(2)14-21(20)30-13-12-29-4/h6-11,14H,5,12-13,15-16H2,1-4H3,(H,24,28)(H2,25,26,27). The Morgan fingerprint density at radius 2 is 1.83 bits per heavy atom. The summed E-state index contributed by atoms with van der Waals surface area (Å²) in [6.07, 6.45) is 0. The molecule has 0 radical (unpaired) electrons. The predicted octanol–water partition coefficient (Wildman–Crippen LogP) is 2.64. The number of benzene rings is 2. The van der Waals surface area contributed by atoms with Gasteiger partial charge in [0.2, 0.25) is 0 Å².